The van der Waals surface area contributed by atoms with Crippen LogP contribution >= 0.6 is 0 Å². The highest BCUT2D eigenvalue weighted by Crippen LogP contribution is 2.20. The topological polar surface area (TPSA) is 49.8 Å². The summed E-state index contributed by atoms with van der Waals surface area (Å²) in [4.78, 5) is 13.6. The van der Waals surface area contributed by atoms with E-state index in [-0.39, 0.29) is 18.4 Å². The van der Waals surface area contributed by atoms with Crippen molar-refractivity contribution >= 4 is 5.91 Å². The lowest BCUT2D eigenvalue weighted by atomic mass is 10.1. The highest BCUT2D eigenvalue weighted by molar-refractivity contribution is 5.79. The summed E-state index contributed by atoms with van der Waals surface area (Å²) in [6.45, 7) is 1.37. The number of methoxy groups -OCH3 is 1. The van der Waals surface area contributed by atoms with Crippen molar-refractivity contribution in [2.75, 3.05) is 26.8 Å². The molecule has 0 aromatic heterocycles. The third kappa shape index (κ3) is 3.01. The maximum atomic E-state index is 11.7. The summed E-state index contributed by atoms with van der Waals surface area (Å²) in [6, 6.07) is 0. The van der Waals surface area contributed by atoms with Crippen molar-refractivity contribution in [3.63, 3.8) is 0 Å². The van der Waals surface area contributed by atoms with Crippen molar-refractivity contribution < 1.29 is 14.6 Å². The van der Waals surface area contributed by atoms with E-state index in [1.165, 1.54) is 0 Å². The molecule has 1 unspecified atom stereocenters. The summed E-state index contributed by atoms with van der Waals surface area (Å²) >= 11 is 0. The maximum Gasteiger partial charge on any atom is 0.223 e. The first kappa shape index (κ1) is 12.9. The number of likely N-dealkylation sites (tertiary alicyclic amines) is 1. The molecule has 1 fully saturated rings. The van der Waals surface area contributed by atoms with Crippen LogP contribution in [0, 0.1) is 5.92 Å². The first-order valence-electron chi connectivity index (χ1n) is 6.23. The molecule has 4 nitrogen and oxygen atoms in total. The lowest BCUT2D eigenvalue weighted by molar-refractivity contribution is -0.127. The van der Waals surface area contributed by atoms with E-state index in [9.17, 15) is 4.79 Å². The molecule has 0 saturated carbocycles. The number of hydrogen-bond donors (Lipinski definition) is 1. The Labute approximate surface area is 107 Å². The predicted molar refractivity (Wildman–Crippen MR) is 68.7 cm³/mol. The Morgan fingerprint density at radius 2 is 2.28 bits per heavy atom. The zero-order valence-electron chi connectivity index (χ0n) is 10.6. The standard InChI is InChI=1S/C14H19NO3/c1-18-13-4-2-3-11(5-6-13)8-15-9-12(10-16)7-14(15)17/h3-6,12,16H,2,7-10H2,1H3. The fourth-order valence-corrected chi connectivity index (χ4v) is 2.27. The molecule has 1 saturated heterocycles. The third-order valence-corrected chi connectivity index (χ3v) is 3.32. The van der Waals surface area contributed by atoms with Crippen LogP contribution in [0.5, 0.6) is 0 Å². The van der Waals surface area contributed by atoms with Gasteiger partial charge in [-0.15, -0.1) is 0 Å². The number of aliphatic hydroxyl groups excluding tert-OH is 1. The fourth-order valence-electron chi connectivity index (χ4n) is 2.27. The number of amides is 1. The summed E-state index contributed by atoms with van der Waals surface area (Å²) in [6.07, 6.45) is 9.30. The van der Waals surface area contributed by atoms with Crippen molar-refractivity contribution in [1.29, 1.82) is 0 Å². The van der Waals surface area contributed by atoms with Gasteiger partial charge >= 0.3 is 0 Å². The average Bonchev–Trinajstić information content (AvgIpc) is 2.60. The minimum absolute atomic E-state index is 0.0898. The molecule has 2 aliphatic rings. The number of hydrogen-bond acceptors (Lipinski definition) is 3. The van der Waals surface area contributed by atoms with E-state index in [1.807, 2.05) is 23.1 Å². The Kier molecular flexibility index (Phi) is 4.20. The molecule has 1 N–H and O–H groups in total. The smallest absolute Gasteiger partial charge is 0.223 e. The molecule has 0 spiro atoms. The Hall–Kier alpha value is -1.55. The zero-order valence-corrected chi connectivity index (χ0v) is 10.6. The molecule has 2 rings (SSSR count). The van der Waals surface area contributed by atoms with E-state index in [2.05, 4.69) is 6.08 Å². The van der Waals surface area contributed by atoms with E-state index in [0.29, 0.717) is 19.5 Å². The van der Waals surface area contributed by atoms with Crippen molar-refractivity contribution in [2.24, 2.45) is 5.92 Å². The van der Waals surface area contributed by atoms with Crippen LogP contribution in [-0.4, -0.2) is 42.7 Å². The number of carbonyl (C=O) groups excluding carboxylic acids is 1. The van der Waals surface area contributed by atoms with Crippen LogP contribution in [0.25, 0.3) is 0 Å². The van der Waals surface area contributed by atoms with Gasteiger partial charge in [0.15, 0.2) is 0 Å². The third-order valence-electron chi connectivity index (χ3n) is 3.32. The van der Waals surface area contributed by atoms with Gasteiger partial charge in [-0.2, -0.15) is 0 Å². The lowest BCUT2D eigenvalue weighted by Crippen LogP contribution is -2.27. The van der Waals surface area contributed by atoms with Crippen LogP contribution < -0.4 is 0 Å². The lowest BCUT2D eigenvalue weighted by Gasteiger charge is -2.16. The monoisotopic (exact) mass is 249 g/mol. The van der Waals surface area contributed by atoms with Crippen molar-refractivity contribution in [2.45, 2.75) is 12.8 Å². The van der Waals surface area contributed by atoms with Gasteiger partial charge < -0.3 is 14.7 Å². The molecule has 98 valence electrons. The Bertz CT molecular complexity index is 409. The number of rotatable bonds is 4. The summed E-state index contributed by atoms with van der Waals surface area (Å²) in [5.74, 6) is 1.08. The Morgan fingerprint density at radius 3 is 2.94 bits per heavy atom. The van der Waals surface area contributed by atoms with Gasteiger partial charge in [0.25, 0.3) is 0 Å². The molecule has 1 atom stereocenters. The molecule has 0 bridgehead atoms. The molecule has 0 aromatic rings. The minimum Gasteiger partial charge on any atom is -0.497 e. The van der Waals surface area contributed by atoms with Gasteiger partial charge in [0.1, 0.15) is 5.76 Å². The van der Waals surface area contributed by atoms with Crippen LogP contribution in [0.3, 0.4) is 0 Å². The molecule has 18 heavy (non-hydrogen) atoms. The summed E-state index contributed by atoms with van der Waals surface area (Å²) < 4.78 is 5.17. The zero-order chi connectivity index (χ0) is 13.0. The highest BCUT2D eigenvalue weighted by Gasteiger charge is 2.28. The van der Waals surface area contributed by atoms with E-state index in [0.717, 1.165) is 17.8 Å². The van der Waals surface area contributed by atoms with E-state index in [4.69, 9.17) is 9.84 Å². The highest BCUT2D eigenvalue weighted by atomic mass is 16.5. The van der Waals surface area contributed by atoms with Crippen LogP contribution in [0.2, 0.25) is 0 Å². The van der Waals surface area contributed by atoms with Crippen LogP contribution in [0.1, 0.15) is 12.8 Å². The number of carbonyl (C=O) groups is 1. The van der Waals surface area contributed by atoms with Crippen molar-refractivity contribution in [3.05, 3.63) is 35.6 Å². The van der Waals surface area contributed by atoms with E-state index in [1.54, 1.807) is 7.11 Å². The number of allylic oxidation sites excluding steroid dienone is 3. The van der Waals surface area contributed by atoms with Gasteiger partial charge in [0.05, 0.1) is 7.11 Å². The van der Waals surface area contributed by atoms with Crippen LogP contribution in [-0.2, 0) is 9.53 Å². The molecule has 1 aliphatic carbocycles. The second-order valence-corrected chi connectivity index (χ2v) is 4.69. The molecular formula is C14H19NO3. The summed E-state index contributed by atoms with van der Waals surface area (Å²) in [7, 11) is 1.65. The normalized spacial score (nSPS) is 23.8. The van der Waals surface area contributed by atoms with Gasteiger partial charge in [-0.3, -0.25) is 4.79 Å². The minimum atomic E-state index is 0.0898. The Morgan fingerprint density at radius 1 is 1.44 bits per heavy atom. The van der Waals surface area contributed by atoms with Crippen molar-refractivity contribution in [3.8, 4) is 0 Å². The molecule has 1 heterocycles. The SMILES string of the molecule is COC1=CCC=C(CN2CC(CO)CC2=O)C=C1. The summed E-state index contributed by atoms with van der Waals surface area (Å²) in [5, 5.41) is 9.09. The first-order chi connectivity index (χ1) is 8.72. The number of aliphatic hydroxyl groups is 1. The van der Waals surface area contributed by atoms with Gasteiger partial charge in [-0.05, 0) is 24.1 Å². The average molecular weight is 249 g/mol. The quantitative estimate of drug-likeness (QED) is 0.815. The molecule has 1 aliphatic heterocycles. The van der Waals surface area contributed by atoms with Gasteiger partial charge in [0.2, 0.25) is 5.91 Å². The van der Waals surface area contributed by atoms with Crippen LogP contribution in [0.4, 0.5) is 0 Å². The Balaban J connectivity index is 1.95. The largest absolute Gasteiger partial charge is 0.497 e. The van der Waals surface area contributed by atoms with Crippen LogP contribution in [0.15, 0.2) is 35.6 Å². The molecular weight excluding hydrogens is 230 g/mol. The van der Waals surface area contributed by atoms with Gasteiger partial charge in [-0.25, -0.2) is 0 Å². The summed E-state index contributed by atoms with van der Waals surface area (Å²) in [5.41, 5.74) is 1.12. The maximum absolute atomic E-state index is 11.7. The first-order valence-corrected chi connectivity index (χ1v) is 6.23. The molecule has 0 radical (unpaired) electrons. The second kappa shape index (κ2) is 5.87. The second-order valence-electron chi connectivity index (χ2n) is 4.69. The molecule has 4 heteroatoms. The van der Waals surface area contributed by atoms with E-state index >= 15 is 0 Å². The predicted octanol–water partition coefficient (Wildman–Crippen LogP) is 1.24. The van der Waals surface area contributed by atoms with Gasteiger partial charge in [0, 0.05) is 32.0 Å². The number of ether oxygens (including phenoxy) is 1. The number of nitrogens with zero attached hydrogens (tertiary/aromatic N) is 1. The van der Waals surface area contributed by atoms with E-state index < -0.39 is 0 Å². The molecule has 1 amide bonds. The molecule has 0 aromatic carbocycles. The van der Waals surface area contributed by atoms with Gasteiger partial charge in [-0.1, -0.05) is 12.2 Å². The fraction of sp³-hybridized carbons (Fsp3) is 0.500. The van der Waals surface area contributed by atoms with Crippen molar-refractivity contribution in [1.82, 2.24) is 4.90 Å².